The average Bonchev–Trinajstić information content (AvgIpc) is 1.80. The van der Waals surface area contributed by atoms with Crippen molar-refractivity contribution in [2.24, 2.45) is 11.3 Å². The van der Waals surface area contributed by atoms with Gasteiger partial charge in [-0.1, -0.05) is 20.8 Å². The highest BCUT2D eigenvalue weighted by atomic mass is 15.5. The molecule has 2 heteroatoms. The molecule has 0 aliphatic carbocycles. The second-order valence-electron chi connectivity index (χ2n) is 5.62. The molecule has 0 radical (unpaired) electrons. The predicted molar refractivity (Wildman–Crippen MR) is 54.7 cm³/mol. The minimum atomic E-state index is 0.0483. The monoisotopic (exact) mass is 172 g/mol. The van der Waals surface area contributed by atoms with Crippen LogP contribution in [0.4, 0.5) is 0 Å². The van der Waals surface area contributed by atoms with Crippen LogP contribution in [0.5, 0.6) is 0 Å². The van der Waals surface area contributed by atoms with Crippen LogP contribution in [0, 0.1) is 5.41 Å². The largest absolute Gasteiger partial charge is 0.268 e. The minimum absolute atomic E-state index is 0.0483. The van der Waals surface area contributed by atoms with Gasteiger partial charge in [0.15, 0.2) is 0 Å². The maximum Gasteiger partial charge on any atom is 0.0270 e. The molecule has 1 unspecified atom stereocenters. The Morgan fingerprint density at radius 1 is 1.00 bits per heavy atom. The standard InChI is InChI=1S/C10H24N2/c1-8(9(2,3)4)12(11)10(5,6)7/h8H,11H2,1-7H3. The molecule has 0 spiro atoms. The fraction of sp³-hybridized carbons (Fsp3) is 1.00. The van der Waals surface area contributed by atoms with Crippen molar-refractivity contribution in [2.45, 2.75) is 60.0 Å². The fourth-order valence-electron chi connectivity index (χ4n) is 0.998. The van der Waals surface area contributed by atoms with E-state index in [1.807, 2.05) is 5.01 Å². The fourth-order valence-corrected chi connectivity index (χ4v) is 0.998. The number of hydrogen-bond acceptors (Lipinski definition) is 2. The molecule has 0 aromatic rings. The first-order chi connectivity index (χ1) is 5.07. The van der Waals surface area contributed by atoms with Crippen LogP contribution in [0.2, 0.25) is 0 Å². The van der Waals surface area contributed by atoms with Crippen LogP contribution < -0.4 is 5.84 Å². The highest BCUT2D eigenvalue weighted by Gasteiger charge is 2.30. The van der Waals surface area contributed by atoms with Gasteiger partial charge >= 0.3 is 0 Å². The average molecular weight is 172 g/mol. The van der Waals surface area contributed by atoms with E-state index in [0.29, 0.717) is 6.04 Å². The first-order valence-corrected chi connectivity index (χ1v) is 4.61. The molecule has 0 aromatic carbocycles. The lowest BCUT2D eigenvalue weighted by Gasteiger charge is -2.42. The molecule has 1 atom stereocenters. The molecule has 2 nitrogen and oxygen atoms in total. The van der Waals surface area contributed by atoms with Gasteiger partial charge in [-0.05, 0) is 33.1 Å². The van der Waals surface area contributed by atoms with Crippen molar-refractivity contribution in [3.05, 3.63) is 0 Å². The van der Waals surface area contributed by atoms with Gasteiger partial charge in [-0.15, -0.1) is 0 Å². The number of hydrazine groups is 1. The van der Waals surface area contributed by atoms with E-state index in [0.717, 1.165) is 0 Å². The lowest BCUT2D eigenvalue weighted by atomic mass is 9.86. The summed E-state index contributed by atoms with van der Waals surface area (Å²) in [4.78, 5) is 0. The molecule has 0 rings (SSSR count). The topological polar surface area (TPSA) is 29.3 Å². The Hall–Kier alpha value is -0.0800. The van der Waals surface area contributed by atoms with Crippen LogP contribution in [-0.2, 0) is 0 Å². The minimum Gasteiger partial charge on any atom is -0.268 e. The summed E-state index contributed by atoms with van der Waals surface area (Å²) in [7, 11) is 0. The molecule has 2 N–H and O–H groups in total. The molecule has 0 amide bonds. The highest BCUT2D eigenvalue weighted by molar-refractivity contribution is 4.83. The van der Waals surface area contributed by atoms with Crippen molar-refractivity contribution >= 4 is 0 Å². The lowest BCUT2D eigenvalue weighted by Crippen LogP contribution is -2.55. The summed E-state index contributed by atoms with van der Waals surface area (Å²) in [6.45, 7) is 15.2. The van der Waals surface area contributed by atoms with Crippen LogP contribution in [0.3, 0.4) is 0 Å². The SMILES string of the molecule is CC(N(N)C(C)(C)C)C(C)(C)C. The van der Waals surface area contributed by atoms with Crippen LogP contribution in [0.15, 0.2) is 0 Å². The maximum absolute atomic E-state index is 6.01. The van der Waals surface area contributed by atoms with E-state index in [1.54, 1.807) is 0 Å². The molecule has 12 heavy (non-hydrogen) atoms. The zero-order chi connectivity index (χ0) is 10.2. The van der Waals surface area contributed by atoms with Crippen LogP contribution in [-0.4, -0.2) is 16.6 Å². The molecule has 0 saturated carbocycles. The van der Waals surface area contributed by atoms with Crippen molar-refractivity contribution in [2.75, 3.05) is 0 Å². The van der Waals surface area contributed by atoms with Gasteiger partial charge in [0.1, 0.15) is 0 Å². The number of nitrogens with two attached hydrogens (primary N) is 1. The predicted octanol–water partition coefficient (Wildman–Crippen LogP) is 2.40. The Labute approximate surface area is 77.1 Å². The van der Waals surface area contributed by atoms with E-state index < -0.39 is 0 Å². The Balaban J connectivity index is 4.41. The third kappa shape index (κ3) is 3.11. The smallest absolute Gasteiger partial charge is 0.0270 e. The first-order valence-electron chi connectivity index (χ1n) is 4.61. The van der Waals surface area contributed by atoms with Gasteiger partial charge in [0.2, 0.25) is 0 Å². The van der Waals surface area contributed by atoms with Gasteiger partial charge in [0.25, 0.3) is 0 Å². The van der Waals surface area contributed by atoms with Gasteiger partial charge in [-0.25, -0.2) is 5.01 Å². The molecule has 0 heterocycles. The Morgan fingerprint density at radius 3 is 1.42 bits per heavy atom. The highest BCUT2D eigenvalue weighted by Crippen LogP contribution is 2.26. The first kappa shape index (κ1) is 11.9. The second-order valence-corrected chi connectivity index (χ2v) is 5.62. The maximum atomic E-state index is 6.01. The number of rotatable bonds is 1. The van der Waals surface area contributed by atoms with E-state index in [-0.39, 0.29) is 11.0 Å². The van der Waals surface area contributed by atoms with E-state index in [4.69, 9.17) is 5.84 Å². The molecule has 74 valence electrons. The Kier molecular flexibility index (Phi) is 3.32. The van der Waals surface area contributed by atoms with E-state index in [2.05, 4.69) is 48.5 Å². The van der Waals surface area contributed by atoms with Crippen molar-refractivity contribution in [1.82, 2.24) is 5.01 Å². The summed E-state index contributed by atoms with van der Waals surface area (Å²) in [5, 5.41) is 1.94. The molecule has 0 bridgehead atoms. The molecule has 0 saturated heterocycles. The van der Waals surface area contributed by atoms with Crippen LogP contribution >= 0.6 is 0 Å². The van der Waals surface area contributed by atoms with Crippen molar-refractivity contribution < 1.29 is 0 Å². The molecule has 0 fully saturated rings. The third-order valence-electron chi connectivity index (χ3n) is 2.45. The zero-order valence-electron chi connectivity index (χ0n) is 9.60. The van der Waals surface area contributed by atoms with Crippen molar-refractivity contribution in [1.29, 1.82) is 0 Å². The van der Waals surface area contributed by atoms with Crippen molar-refractivity contribution in [3.8, 4) is 0 Å². The number of nitrogens with zero attached hydrogens (tertiary/aromatic N) is 1. The summed E-state index contributed by atoms with van der Waals surface area (Å²) >= 11 is 0. The van der Waals surface area contributed by atoms with Gasteiger partial charge in [-0.3, -0.25) is 5.84 Å². The van der Waals surface area contributed by atoms with Crippen LogP contribution in [0.25, 0.3) is 0 Å². The van der Waals surface area contributed by atoms with Gasteiger partial charge < -0.3 is 0 Å². The summed E-state index contributed by atoms with van der Waals surface area (Å²) in [5.74, 6) is 6.01. The molecule has 0 aliphatic rings. The summed E-state index contributed by atoms with van der Waals surface area (Å²) in [6.07, 6.45) is 0. The second kappa shape index (κ2) is 3.35. The normalized spacial score (nSPS) is 16.8. The summed E-state index contributed by atoms with van der Waals surface area (Å²) < 4.78 is 0. The van der Waals surface area contributed by atoms with E-state index in [9.17, 15) is 0 Å². The molecule has 0 aliphatic heterocycles. The Morgan fingerprint density at radius 2 is 1.33 bits per heavy atom. The molecular weight excluding hydrogens is 148 g/mol. The number of hydrogen-bond donors (Lipinski definition) is 1. The lowest BCUT2D eigenvalue weighted by molar-refractivity contribution is 0.0320. The van der Waals surface area contributed by atoms with Gasteiger partial charge in [-0.2, -0.15) is 0 Å². The third-order valence-corrected chi connectivity index (χ3v) is 2.45. The van der Waals surface area contributed by atoms with E-state index >= 15 is 0 Å². The van der Waals surface area contributed by atoms with Gasteiger partial charge in [0.05, 0.1) is 0 Å². The van der Waals surface area contributed by atoms with Gasteiger partial charge in [0, 0.05) is 11.6 Å². The quantitative estimate of drug-likeness (QED) is 0.486. The van der Waals surface area contributed by atoms with Crippen molar-refractivity contribution in [3.63, 3.8) is 0 Å². The van der Waals surface area contributed by atoms with Crippen LogP contribution in [0.1, 0.15) is 48.5 Å². The molecular formula is C10H24N2. The Bertz CT molecular complexity index is 121. The zero-order valence-corrected chi connectivity index (χ0v) is 9.60. The summed E-state index contributed by atoms with van der Waals surface area (Å²) in [6, 6.07) is 0.387. The summed E-state index contributed by atoms with van der Waals surface area (Å²) in [5.41, 5.74) is 0.286. The van der Waals surface area contributed by atoms with E-state index in [1.165, 1.54) is 0 Å². The molecule has 0 aromatic heterocycles.